The number of urea groups is 1. The Bertz CT molecular complexity index is 728. The molecule has 5 nitrogen and oxygen atoms in total. The Morgan fingerprint density at radius 3 is 2.67 bits per heavy atom. The third-order valence-corrected chi connectivity index (χ3v) is 6.38. The zero-order chi connectivity index (χ0) is 19.0. The lowest BCUT2D eigenvalue weighted by Gasteiger charge is -2.44. The van der Waals surface area contributed by atoms with Gasteiger partial charge in [-0.15, -0.1) is 0 Å². The average Bonchev–Trinajstić information content (AvgIpc) is 3.10. The van der Waals surface area contributed by atoms with E-state index in [4.69, 9.17) is 0 Å². The predicted octanol–water partition coefficient (Wildman–Crippen LogP) is 3.96. The van der Waals surface area contributed by atoms with Crippen LogP contribution in [0.5, 0.6) is 0 Å². The molecule has 4 rings (SSSR count). The van der Waals surface area contributed by atoms with Crippen LogP contribution in [0.15, 0.2) is 18.2 Å². The number of piperidine rings is 1. The minimum absolute atomic E-state index is 0.0519. The van der Waals surface area contributed by atoms with Gasteiger partial charge in [-0.25, -0.2) is 4.79 Å². The van der Waals surface area contributed by atoms with E-state index in [1.54, 1.807) is 4.90 Å². The van der Waals surface area contributed by atoms with Gasteiger partial charge in [-0.3, -0.25) is 9.69 Å². The Kier molecular flexibility index (Phi) is 5.11. The molecular weight excluding hydrogens is 338 g/mol. The maximum absolute atomic E-state index is 13.2. The van der Waals surface area contributed by atoms with E-state index in [0.29, 0.717) is 18.5 Å². The fourth-order valence-electron chi connectivity index (χ4n) is 5.11. The molecule has 0 radical (unpaired) electrons. The van der Waals surface area contributed by atoms with Gasteiger partial charge in [-0.1, -0.05) is 12.8 Å². The SMILES string of the molecule is CC(C)NC(=O)N1CCc2cc(C(=O)N3CCC[C@H]4CCCC[C@H]43)ccc21. The van der Waals surface area contributed by atoms with Crippen molar-refractivity contribution in [2.75, 3.05) is 18.0 Å². The van der Waals surface area contributed by atoms with Gasteiger partial charge >= 0.3 is 6.03 Å². The van der Waals surface area contributed by atoms with Crippen molar-refractivity contribution >= 4 is 17.6 Å². The summed E-state index contributed by atoms with van der Waals surface area (Å²) in [6.45, 7) is 5.50. The number of amides is 3. The highest BCUT2D eigenvalue weighted by Gasteiger charge is 2.36. The maximum atomic E-state index is 13.2. The normalized spacial score (nSPS) is 24.6. The van der Waals surface area contributed by atoms with Gasteiger partial charge in [0.1, 0.15) is 0 Å². The first-order chi connectivity index (χ1) is 13.0. The molecule has 146 valence electrons. The number of fused-ring (bicyclic) bond motifs is 2. The van der Waals surface area contributed by atoms with Gasteiger partial charge in [-0.2, -0.15) is 0 Å². The van der Waals surface area contributed by atoms with Crippen molar-refractivity contribution in [1.82, 2.24) is 10.2 Å². The highest BCUT2D eigenvalue weighted by atomic mass is 16.2. The summed E-state index contributed by atoms with van der Waals surface area (Å²) >= 11 is 0. The van der Waals surface area contributed by atoms with Crippen LogP contribution >= 0.6 is 0 Å². The summed E-state index contributed by atoms with van der Waals surface area (Å²) < 4.78 is 0. The van der Waals surface area contributed by atoms with E-state index in [9.17, 15) is 9.59 Å². The van der Waals surface area contributed by atoms with Crippen LogP contribution in [0.4, 0.5) is 10.5 Å². The Balaban J connectivity index is 1.52. The first kappa shape index (κ1) is 18.3. The zero-order valence-corrected chi connectivity index (χ0v) is 16.5. The van der Waals surface area contributed by atoms with Gasteiger partial charge in [0.15, 0.2) is 0 Å². The van der Waals surface area contributed by atoms with Crippen molar-refractivity contribution < 1.29 is 9.59 Å². The van der Waals surface area contributed by atoms with E-state index in [-0.39, 0.29) is 18.0 Å². The number of rotatable bonds is 2. The summed E-state index contributed by atoms with van der Waals surface area (Å²) in [5.41, 5.74) is 2.84. The van der Waals surface area contributed by atoms with E-state index in [1.807, 2.05) is 32.0 Å². The zero-order valence-electron chi connectivity index (χ0n) is 16.5. The fourth-order valence-corrected chi connectivity index (χ4v) is 5.11. The standard InChI is InChI=1S/C22H31N3O2/c1-15(2)23-22(27)25-13-11-17-14-18(9-10-20(17)25)21(26)24-12-5-7-16-6-3-4-8-19(16)24/h9-10,14-16,19H,3-8,11-13H2,1-2H3,(H,23,27)/t16-,19-/m1/s1. The predicted molar refractivity (Wildman–Crippen MR) is 107 cm³/mol. The van der Waals surface area contributed by atoms with Crippen LogP contribution in [-0.2, 0) is 6.42 Å². The second kappa shape index (κ2) is 7.53. The van der Waals surface area contributed by atoms with E-state index in [1.165, 1.54) is 25.7 Å². The largest absolute Gasteiger partial charge is 0.336 e. The first-order valence-electron chi connectivity index (χ1n) is 10.6. The topological polar surface area (TPSA) is 52.7 Å². The monoisotopic (exact) mass is 369 g/mol. The number of anilines is 1. The minimum atomic E-state index is -0.0519. The minimum Gasteiger partial charge on any atom is -0.336 e. The Labute approximate surface area is 162 Å². The quantitative estimate of drug-likeness (QED) is 0.858. The number of hydrogen-bond donors (Lipinski definition) is 1. The number of hydrogen-bond acceptors (Lipinski definition) is 2. The lowest BCUT2D eigenvalue weighted by atomic mass is 9.78. The van der Waals surface area contributed by atoms with Crippen LogP contribution in [0.3, 0.4) is 0 Å². The molecule has 2 fully saturated rings. The number of benzene rings is 1. The highest BCUT2D eigenvalue weighted by Crippen LogP contribution is 2.36. The highest BCUT2D eigenvalue weighted by molar-refractivity contribution is 5.98. The molecule has 0 aromatic heterocycles. The molecular formula is C22H31N3O2. The van der Waals surface area contributed by atoms with Crippen molar-refractivity contribution in [3.8, 4) is 0 Å². The summed E-state index contributed by atoms with van der Waals surface area (Å²) in [6.07, 6.45) is 8.21. The molecule has 0 unspecified atom stereocenters. The molecule has 1 aromatic carbocycles. The van der Waals surface area contributed by atoms with Crippen LogP contribution in [0, 0.1) is 5.92 Å². The van der Waals surface area contributed by atoms with Crippen LogP contribution in [0.2, 0.25) is 0 Å². The van der Waals surface area contributed by atoms with E-state index >= 15 is 0 Å². The van der Waals surface area contributed by atoms with Gasteiger partial charge in [0.25, 0.3) is 5.91 Å². The lowest BCUT2D eigenvalue weighted by Crippen LogP contribution is -2.49. The van der Waals surface area contributed by atoms with Gasteiger partial charge in [0.2, 0.25) is 0 Å². The molecule has 1 saturated heterocycles. The molecule has 2 heterocycles. The van der Waals surface area contributed by atoms with Crippen molar-refractivity contribution in [2.24, 2.45) is 5.92 Å². The molecule has 2 atom stereocenters. The molecule has 0 spiro atoms. The van der Waals surface area contributed by atoms with E-state index < -0.39 is 0 Å². The summed E-state index contributed by atoms with van der Waals surface area (Å²) in [5, 5.41) is 2.96. The van der Waals surface area contributed by atoms with E-state index in [0.717, 1.165) is 42.6 Å². The smallest absolute Gasteiger partial charge is 0.322 e. The van der Waals surface area contributed by atoms with Crippen LogP contribution < -0.4 is 10.2 Å². The Hall–Kier alpha value is -2.04. The molecule has 1 aliphatic carbocycles. The summed E-state index contributed by atoms with van der Waals surface area (Å²) in [6, 6.07) is 6.38. The van der Waals surface area contributed by atoms with Crippen molar-refractivity contribution in [2.45, 2.75) is 70.9 Å². The van der Waals surface area contributed by atoms with Crippen LogP contribution in [-0.4, -0.2) is 42.0 Å². The number of nitrogens with zero attached hydrogens (tertiary/aromatic N) is 2. The number of carbonyl (C=O) groups excluding carboxylic acids is 2. The second-order valence-electron chi connectivity index (χ2n) is 8.60. The third kappa shape index (κ3) is 3.56. The first-order valence-corrected chi connectivity index (χ1v) is 10.6. The third-order valence-electron chi connectivity index (χ3n) is 6.38. The van der Waals surface area contributed by atoms with Gasteiger partial charge < -0.3 is 10.2 Å². The number of carbonyl (C=O) groups is 2. The molecule has 1 N–H and O–H groups in total. The lowest BCUT2D eigenvalue weighted by molar-refractivity contribution is 0.0390. The van der Waals surface area contributed by atoms with Gasteiger partial charge in [-0.05, 0) is 75.6 Å². The van der Waals surface area contributed by atoms with Gasteiger partial charge in [0, 0.05) is 36.4 Å². The maximum Gasteiger partial charge on any atom is 0.322 e. The van der Waals surface area contributed by atoms with Crippen molar-refractivity contribution in [1.29, 1.82) is 0 Å². The van der Waals surface area contributed by atoms with Crippen molar-refractivity contribution in [3.05, 3.63) is 29.3 Å². The second-order valence-corrected chi connectivity index (χ2v) is 8.60. The summed E-state index contributed by atoms with van der Waals surface area (Å²) in [7, 11) is 0. The molecule has 0 bridgehead atoms. The average molecular weight is 370 g/mol. The number of likely N-dealkylation sites (tertiary alicyclic amines) is 1. The Morgan fingerprint density at radius 2 is 1.85 bits per heavy atom. The molecule has 2 aliphatic heterocycles. The van der Waals surface area contributed by atoms with Crippen LogP contribution in [0.25, 0.3) is 0 Å². The molecule has 5 heteroatoms. The molecule has 3 aliphatic rings. The Morgan fingerprint density at radius 1 is 1.07 bits per heavy atom. The summed E-state index contributed by atoms with van der Waals surface area (Å²) in [4.78, 5) is 29.6. The molecule has 1 aromatic rings. The molecule has 1 saturated carbocycles. The number of nitrogens with one attached hydrogen (secondary N) is 1. The van der Waals surface area contributed by atoms with Gasteiger partial charge in [0.05, 0.1) is 0 Å². The van der Waals surface area contributed by atoms with Crippen LogP contribution in [0.1, 0.15) is 68.3 Å². The fraction of sp³-hybridized carbons (Fsp3) is 0.636. The molecule has 27 heavy (non-hydrogen) atoms. The molecule has 3 amide bonds. The van der Waals surface area contributed by atoms with E-state index in [2.05, 4.69) is 10.2 Å². The van der Waals surface area contributed by atoms with Crippen molar-refractivity contribution in [3.63, 3.8) is 0 Å². The summed E-state index contributed by atoms with van der Waals surface area (Å²) in [5.74, 6) is 0.876.